The van der Waals surface area contributed by atoms with Gasteiger partial charge < -0.3 is 20.9 Å². The molecule has 3 rings (SSSR count). The second-order valence-electron chi connectivity index (χ2n) is 8.76. The van der Waals surface area contributed by atoms with Gasteiger partial charge in [-0.15, -0.1) is 0 Å². The van der Waals surface area contributed by atoms with E-state index in [2.05, 4.69) is 5.32 Å². The van der Waals surface area contributed by atoms with E-state index in [1.165, 1.54) is 29.2 Å². The second kappa shape index (κ2) is 10.1. The van der Waals surface area contributed by atoms with Crippen LogP contribution in [0.5, 0.6) is 0 Å². The topological polar surface area (TPSA) is 113 Å². The summed E-state index contributed by atoms with van der Waals surface area (Å²) in [5.74, 6) is -2.37. The zero-order valence-corrected chi connectivity index (χ0v) is 18.6. The van der Waals surface area contributed by atoms with E-state index in [1.54, 1.807) is 4.90 Å². The first-order valence-electron chi connectivity index (χ1n) is 11.2. The summed E-state index contributed by atoms with van der Waals surface area (Å²) in [5.41, 5.74) is 5.92. The molecule has 0 bridgehead atoms. The van der Waals surface area contributed by atoms with Gasteiger partial charge in [-0.3, -0.25) is 19.2 Å². The maximum Gasteiger partial charge on any atom is 0.245 e. The average molecular weight is 447 g/mol. The summed E-state index contributed by atoms with van der Waals surface area (Å²) in [6.07, 6.45) is 1.77. The van der Waals surface area contributed by atoms with E-state index in [9.17, 15) is 23.6 Å². The third-order valence-electron chi connectivity index (χ3n) is 6.62. The number of primary amides is 1. The van der Waals surface area contributed by atoms with E-state index in [0.29, 0.717) is 38.0 Å². The summed E-state index contributed by atoms with van der Waals surface area (Å²) in [7, 11) is 0. The highest BCUT2D eigenvalue weighted by atomic mass is 19.1. The molecule has 32 heavy (non-hydrogen) atoms. The number of likely N-dealkylation sites (tertiary alicyclic amines) is 1. The van der Waals surface area contributed by atoms with E-state index in [1.807, 2.05) is 13.8 Å². The number of nitrogens with one attached hydrogen (secondary N) is 1. The van der Waals surface area contributed by atoms with Crippen LogP contribution in [0.1, 0.15) is 39.5 Å². The molecule has 9 heteroatoms. The Morgan fingerprint density at radius 1 is 1.16 bits per heavy atom. The van der Waals surface area contributed by atoms with Crippen molar-refractivity contribution in [1.82, 2.24) is 10.2 Å². The predicted octanol–water partition coefficient (Wildman–Crippen LogP) is 1.43. The standard InChI is InChI=1S/C23H31FN4O4/c1-3-14(2)20(23(32)27-10-8-15(9-11-27)21(25)30)26-22(31)16-12-19(29)28(13-16)18-6-4-17(24)5-7-18/h4-7,14-16,20H,3,8-13H2,1-2H3,(H2,25,30)(H,26,31)/t14-,16+,20+/m1/s1. The molecule has 0 aliphatic carbocycles. The molecule has 2 saturated heterocycles. The van der Waals surface area contributed by atoms with E-state index in [0.717, 1.165) is 0 Å². The molecule has 3 atom stereocenters. The van der Waals surface area contributed by atoms with Crippen LogP contribution < -0.4 is 16.0 Å². The van der Waals surface area contributed by atoms with Gasteiger partial charge in [0.15, 0.2) is 0 Å². The molecule has 1 aromatic rings. The van der Waals surface area contributed by atoms with Crippen molar-refractivity contribution in [2.45, 2.75) is 45.6 Å². The Bertz CT molecular complexity index is 867. The Morgan fingerprint density at radius 2 is 1.78 bits per heavy atom. The number of halogens is 1. The third-order valence-corrected chi connectivity index (χ3v) is 6.62. The van der Waals surface area contributed by atoms with Gasteiger partial charge in [-0.05, 0) is 43.0 Å². The lowest BCUT2D eigenvalue weighted by atomic mass is 9.93. The van der Waals surface area contributed by atoms with Crippen molar-refractivity contribution in [3.05, 3.63) is 30.1 Å². The first-order valence-corrected chi connectivity index (χ1v) is 11.2. The van der Waals surface area contributed by atoms with Gasteiger partial charge in [-0.1, -0.05) is 20.3 Å². The first-order chi connectivity index (χ1) is 15.2. The van der Waals surface area contributed by atoms with Crippen molar-refractivity contribution in [1.29, 1.82) is 0 Å². The van der Waals surface area contributed by atoms with E-state index in [-0.39, 0.29) is 48.4 Å². The molecular formula is C23H31FN4O4. The fourth-order valence-corrected chi connectivity index (χ4v) is 4.29. The maximum atomic E-state index is 13.2. The van der Waals surface area contributed by atoms with Crippen LogP contribution in [0.2, 0.25) is 0 Å². The summed E-state index contributed by atoms with van der Waals surface area (Å²) in [5, 5.41) is 2.88. The first kappa shape index (κ1) is 23.7. The van der Waals surface area contributed by atoms with Gasteiger partial charge in [-0.2, -0.15) is 0 Å². The summed E-state index contributed by atoms with van der Waals surface area (Å²) < 4.78 is 13.2. The van der Waals surface area contributed by atoms with Crippen LogP contribution in [-0.2, 0) is 19.2 Å². The quantitative estimate of drug-likeness (QED) is 0.660. The molecule has 2 aliphatic heterocycles. The van der Waals surface area contributed by atoms with Crippen LogP contribution in [0.4, 0.5) is 10.1 Å². The number of nitrogens with zero attached hydrogens (tertiary/aromatic N) is 2. The number of anilines is 1. The second-order valence-corrected chi connectivity index (χ2v) is 8.76. The highest BCUT2D eigenvalue weighted by Gasteiger charge is 2.39. The molecule has 2 fully saturated rings. The highest BCUT2D eigenvalue weighted by molar-refractivity contribution is 6.01. The van der Waals surface area contributed by atoms with Crippen molar-refractivity contribution in [3.8, 4) is 0 Å². The van der Waals surface area contributed by atoms with Gasteiger partial charge in [0.2, 0.25) is 23.6 Å². The summed E-state index contributed by atoms with van der Waals surface area (Å²) in [4.78, 5) is 53.2. The number of nitrogens with two attached hydrogens (primary N) is 1. The molecule has 2 heterocycles. The normalized spacial score (nSPS) is 21.3. The number of piperidine rings is 1. The smallest absolute Gasteiger partial charge is 0.245 e. The average Bonchev–Trinajstić information content (AvgIpc) is 3.18. The number of amides is 4. The molecular weight excluding hydrogens is 415 g/mol. The molecule has 0 spiro atoms. The number of carbonyl (C=O) groups is 4. The molecule has 4 amide bonds. The van der Waals surface area contributed by atoms with Crippen molar-refractivity contribution in [3.63, 3.8) is 0 Å². The maximum absolute atomic E-state index is 13.2. The van der Waals surface area contributed by atoms with E-state index in [4.69, 9.17) is 5.73 Å². The monoisotopic (exact) mass is 446 g/mol. The summed E-state index contributed by atoms with van der Waals surface area (Å²) in [6.45, 7) is 4.89. The van der Waals surface area contributed by atoms with Gasteiger partial charge >= 0.3 is 0 Å². The van der Waals surface area contributed by atoms with Crippen molar-refractivity contribution >= 4 is 29.3 Å². The summed E-state index contributed by atoms with van der Waals surface area (Å²) in [6, 6.07) is 4.86. The number of carbonyl (C=O) groups excluding carboxylic acids is 4. The van der Waals surface area contributed by atoms with Crippen LogP contribution in [0.25, 0.3) is 0 Å². The Balaban J connectivity index is 1.65. The Morgan fingerprint density at radius 3 is 2.34 bits per heavy atom. The van der Waals surface area contributed by atoms with Crippen LogP contribution in [0.15, 0.2) is 24.3 Å². The van der Waals surface area contributed by atoms with Gasteiger partial charge in [-0.25, -0.2) is 4.39 Å². The van der Waals surface area contributed by atoms with Crippen molar-refractivity contribution in [2.24, 2.45) is 23.5 Å². The van der Waals surface area contributed by atoms with Gasteiger partial charge in [0, 0.05) is 37.7 Å². The van der Waals surface area contributed by atoms with Crippen LogP contribution in [-0.4, -0.2) is 54.2 Å². The zero-order chi connectivity index (χ0) is 23.4. The SMILES string of the molecule is CC[C@@H](C)[C@H](NC(=O)[C@H]1CC(=O)N(c2ccc(F)cc2)C1)C(=O)N1CCC(C(N)=O)CC1. The minimum absolute atomic E-state index is 0.0363. The largest absolute Gasteiger partial charge is 0.369 e. The Labute approximate surface area is 187 Å². The van der Waals surface area contributed by atoms with Crippen molar-refractivity contribution < 1.29 is 23.6 Å². The predicted molar refractivity (Wildman–Crippen MR) is 117 cm³/mol. The number of benzene rings is 1. The third kappa shape index (κ3) is 5.26. The molecule has 3 N–H and O–H groups in total. The number of hydrogen-bond acceptors (Lipinski definition) is 4. The van der Waals surface area contributed by atoms with Gasteiger partial charge in [0.25, 0.3) is 0 Å². The van der Waals surface area contributed by atoms with Gasteiger partial charge in [0.05, 0.1) is 5.92 Å². The zero-order valence-electron chi connectivity index (χ0n) is 18.6. The number of rotatable bonds is 7. The lowest BCUT2D eigenvalue weighted by Gasteiger charge is -2.35. The molecule has 8 nitrogen and oxygen atoms in total. The molecule has 0 saturated carbocycles. The van der Waals surface area contributed by atoms with E-state index >= 15 is 0 Å². The Kier molecular flexibility index (Phi) is 7.48. The molecule has 1 aromatic carbocycles. The molecule has 0 unspecified atom stereocenters. The minimum Gasteiger partial charge on any atom is -0.369 e. The van der Waals surface area contributed by atoms with Gasteiger partial charge in [0.1, 0.15) is 11.9 Å². The number of hydrogen-bond donors (Lipinski definition) is 2. The Hall–Kier alpha value is -2.97. The molecule has 174 valence electrons. The van der Waals surface area contributed by atoms with Crippen LogP contribution in [0, 0.1) is 23.6 Å². The summed E-state index contributed by atoms with van der Waals surface area (Å²) >= 11 is 0. The minimum atomic E-state index is -0.701. The van der Waals surface area contributed by atoms with Crippen LogP contribution in [0.3, 0.4) is 0 Å². The lowest BCUT2D eigenvalue weighted by Crippen LogP contribution is -2.55. The molecule has 0 aromatic heterocycles. The fourth-order valence-electron chi connectivity index (χ4n) is 4.29. The lowest BCUT2D eigenvalue weighted by molar-refractivity contribution is -0.141. The fraction of sp³-hybridized carbons (Fsp3) is 0.565. The molecule has 2 aliphatic rings. The van der Waals surface area contributed by atoms with Crippen LogP contribution >= 0.6 is 0 Å². The molecule has 0 radical (unpaired) electrons. The van der Waals surface area contributed by atoms with E-state index < -0.39 is 17.8 Å². The highest BCUT2D eigenvalue weighted by Crippen LogP contribution is 2.26. The van der Waals surface area contributed by atoms with Crippen molar-refractivity contribution in [2.75, 3.05) is 24.5 Å².